The molecule has 0 heterocycles. The lowest BCUT2D eigenvalue weighted by Crippen LogP contribution is -1.96. The Morgan fingerprint density at radius 1 is 1.50 bits per heavy atom. The van der Waals surface area contributed by atoms with E-state index in [1.807, 2.05) is 0 Å². The molecule has 12 heavy (non-hydrogen) atoms. The SMILES string of the molecule is [2H]C(C(=O)O)C([2H])c1ccc(Br)cc1. The summed E-state index contributed by atoms with van der Waals surface area (Å²) in [6.45, 7) is 0. The molecule has 0 amide bonds. The lowest BCUT2D eigenvalue weighted by molar-refractivity contribution is -0.136. The molecule has 0 aliphatic carbocycles. The molecule has 1 rings (SSSR count). The predicted molar refractivity (Wildman–Crippen MR) is 50.1 cm³/mol. The molecular formula is C9H9BrO2. The summed E-state index contributed by atoms with van der Waals surface area (Å²) >= 11 is 3.24. The van der Waals surface area contributed by atoms with E-state index in [-0.39, 0.29) is 0 Å². The number of carboxylic acids is 1. The van der Waals surface area contributed by atoms with Crippen molar-refractivity contribution in [2.24, 2.45) is 0 Å². The van der Waals surface area contributed by atoms with Gasteiger partial charge in [0.05, 0.1) is 0 Å². The second-order valence-corrected chi connectivity index (χ2v) is 3.14. The normalized spacial score (nSPS) is 17.4. The highest BCUT2D eigenvalue weighted by atomic mass is 79.9. The zero-order valence-electron chi connectivity index (χ0n) is 8.20. The summed E-state index contributed by atoms with van der Waals surface area (Å²) in [5.41, 5.74) is 0.538. The molecule has 1 aromatic rings. The lowest BCUT2D eigenvalue weighted by atomic mass is 10.1. The van der Waals surface area contributed by atoms with E-state index in [1.54, 1.807) is 24.3 Å². The van der Waals surface area contributed by atoms with Crippen molar-refractivity contribution in [2.75, 3.05) is 0 Å². The standard InChI is InChI=1S/C9H9BrO2/c10-8-4-1-7(2-5-8)3-6-9(11)12/h1-2,4-5H,3,6H2,(H,11,12)/i3D,6D. The molecule has 2 atom stereocenters. The summed E-state index contributed by atoms with van der Waals surface area (Å²) in [7, 11) is 0. The fourth-order valence-electron chi connectivity index (χ4n) is 0.741. The van der Waals surface area contributed by atoms with Gasteiger partial charge in [0, 0.05) is 13.6 Å². The van der Waals surface area contributed by atoms with Gasteiger partial charge in [0.15, 0.2) is 0 Å². The van der Waals surface area contributed by atoms with Gasteiger partial charge in [-0.1, -0.05) is 28.1 Å². The number of hydrogen-bond acceptors (Lipinski definition) is 1. The molecule has 0 aliphatic rings. The first-order chi connectivity index (χ1) is 6.52. The fraction of sp³-hybridized carbons (Fsp3) is 0.222. The Hall–Kier alpha value is -0.830. The third-order valence-electron chi connectivity index (χ3n) is 1.29. The Kier molecular flexibility index (Phi) is 2.36. The van der Waals surface area contributed by atoms with Crippen molar-refractivity contribution in [1.82, 2.24) is 0 Å². The Labute approximate surface area is 82.2 Å². The van der Waals surface area contributed by atoms with Crippen LogP contribution in [0.5, 0.6) is 0 Å². The van der Waals surface area contributed by atoms with Gasteiger partial charge in [0.25, 0.3) is 0 Å². The summed E-state index contributed by atoms with van der Waals surface area (Å²) in [5, 5.41) is 8.55. The van der Waals surface area contributed by atoms with Gasteiger partial charge in [-0.25, -0.2) is 0 Å². The molecule has 0 saturated heterocycles. The molecule has 64 valence electrons. The van der Waals surface area contributed by atoms with Crippen LogP contribution in [0.1, 0.15) is 14.7 Å². The van der Waals surface area contributed by atoms with Gasteiger partial charge in [-0.05, 0) is 24.1 Å². The largest absolute Gasteiger partial charge is 0.481 e. The van der Waals surface area contributed by atoms with Gasteiger partial charge < -0.3 is 5.11 Å². The number of aliphatic carboxylic acids is 1. The molecule has 3 heteroatoms. The van der Waals surface area contributed by atoms with E-state index >= 15 is 0 Å². The zero-order valence-corrected chi connectivity index (χ0v) is 7.78. The molecule has 2 nitrogen and oxygen atoms in total. The molecule has 0 bridgehead atoms. The third kappa shape index (κ3) is 3.05. The van der Waals surface area contributed by atoms with Crippen LogP contribution < -0.4 is 0 Å². The maximum Gasteiger partial charge on any atom is 0.303 e. The van der Waals surface area contributed by atoms with Crippen LogP contribution in [-0.2, 0) is 11.2 Å². The molecule has 0 aromatic heterocycles. The molecule has 0 fully saturated rings. The number of hydrogen-bond donors (Lipinski definition) is 1. The van der Waals surface area contributed by atoms with Crippen molar-refractivity contribution in [3.05, 3.63) is 34.3 Å². The Morgan fingerprint density at radius 2 is 2.08 bits per heavy atom. The van der Waals surface area contributed by atoms with Gasteiger partial charge in [0.1, 0.15) is 0 Å². The number of carboxylic acid groups (broad SMARTS) is 1. The van der Waals surface area contributed by atoms with Crippen LogP contribution in [0.3, 0.4) is 0 Å². The Bertz CT molecular complexity index is 326. The number of aryl methyl sites for hydroxylation is 1. The van der Waals surface area contributed by atoms with Crippen LogP contribution in [0.4, 0.5) is 0 Å². The van der Waals surface area contributed by atoms with Crippen LogP contribution >= 0.6 is 15.9 Å². The number of carbonyl (C=O) groups is 1. The van der Waals surface area contributed by atoms with Gasteiger partial charge in [-0.3, -0.25) is 4.79 Å². The van der Waals surface area contributed by atoms with Gasteiger partial charge in [-0.15, -0.1) is 0 Å². The highest BCUT2D eigenvalue weighted by Crippen LogP contribution is 2.11. The van der Waals surface area contributed by atoms with E-state index in [4.69, 9.17) is 7.85 Å². The minimum absolute atomic E-state index is 0.538. The summed E-state index contributed by atoms with van der Waals surface area (Å²) in [6, 6.07) is 6.75. The quantitative estimate of drug-likeness (QED) is 0.867. The Morgan fingerprint density at radius 3 is 2.58 bits per heavy atom. The van der Waals surface area contributed by atoms with Crippen molar-refractivity contribution < 1.29 is 12.6 Å². The smallest absolute Gasteiger partial charge is 0.303 e. The topological polar surface area (TPSA) is 37.3 Å². The molecule has 2 unspecified atom stereocenters. The highest BCUT2D eigenvalue weighted by molar-refractivity contribution is 9.10. The molecule has 0 radical (unpaired) electrons. The van der Waals surface area contributed by atoms with Crippen molar-refractivity contribution in [1.29, 1.82) is 0 Å². The zero-order chi connectivity index (χ0) is 10.7. The summed E-state index contributed by atoms with van der Waals surface area (Å²) in [5.74, 6) is -1.27. The Balaban J connectivity index is 2.84. The van der Waals surface area contributed by atoms with Crippen molar-refractivity contribution in [3.63, 3.8) is 0 Å². The summed E-state index contributed by atoms with van der Waals surface area (Å²) in [4.78, 5) is 10.5. The van der Waals surface area contributed by atoms with E-state index in [0.29, 0.717) is 5.56 Å². The first kappa shape index (κ1) is 6.66. The maximum atomic E-state index is 10.5. The van der Waals surface area contributed by atoms with Gasteiger partial charge in [-0.2, -0.15) is 0 Å². The number of halogens is 1. The van der Waals surface area contributed by atoms with Crippen LogP contribution in [-0.4, -0.2) is 11.1 Å². The van der Waals surface area contributed by atoms with Crippen LogP contribution in [0.15, 0.2) is 28.7 Å². The second-order valence-electron chi connectivity index (χ2n) is 2.22. The second kappa shape index (κ2) is 4.26. The van der Waals surface area contributed by atoms with E-state index in [1.165, 1.54) is 0 Å². The fourth-order valence-corrected chi connectivity index (χ4v) is 1.01. The maximum absolute atomic E-state index is 10.5. The number of rotatable bonds is 3. The van der Waals surface area contributed by atoms with E-state index in [2.05, 4.69) is 15.9 Å². The summed E-state index contributed by atoms with van der Waals surface area (Å²) in [6.07, 6.45) is -2.48. The summed E-state index contributed by atoms with van der Waals surface area (Å²) < 4.78 is 15.6. The molecule has 1 N–H and O–H groups in total. The average Bonchev–Trinajstić information content (AvgIpc) is 2.16. The minimum Gasteiger partial charge on any atom is -0.481 e. The average molecular weight is 231 g/mol. The van der Waals surface area contributed by atoms with Gasteiger partial charge >= 0.3 is 5.97 Å². The van der Waals surface area contributed by atoms with E-state index in [9.17, 15) is 4.79 Å². The van der Waals surface area contributed by atoms with Crippen molar-refractivity contribution in [2.45, 2.75) is 12.8 Å². The predicted octanol–water partition coefficient (Wildman–Crippen LogP) is 2.47. The third-order valence-corrected chi connectivity index (χ3v) is 1.82. The highest BCUT2D eigenvalue weighted by Gasteiger charge is 1.97. The van der Waals surface area contributed by atoms with Crippen molar-refractivity contribution >= 4 is 21.9 Å². The monoisotopic (exact) mass is 230 g/mol. The lowest BCUT2D eigenvalue weighted by Gasteiger charge is -1.97. The first-order valence-electron chi connectivity index (χ1n) is 4.50. The molecule has 0 saturated carbocycles. The van der Waals surface area contributed by atoms with Crippen LogP contribution in [0.25, 0.3) is 0 Å². The van der Waals surface area contributed by atoms with Crippen molar-refractivity contribution in [3.8, 4) is 0 Å². The van der Waals surface area contributed by atoms with Gasteiger partial charge in [0.2, 0.25) is 0 Å². The van der Waals surface area contributed by atoms with E-state index < -0.39 is 18.8 Å². The first-order valence-corrected chi connectivity index (χ1v) is 4.14. The molecule has 0 spiro atoms. The minimum atomic E-state index is -1.43. The van der Waals surface area contributed by atoms with Crippen LogP contribution in [0, 0.1) is 0 Å². The van der Waals surface area contributed by atoms with E-state index in [0.717, 1.165) is 4.47 Å². The number of benzene rings is 1. The molecule has 0 aliphatic heterocycles. The molecule has 1 aromatic carbocycles. The molecular weight excluding hydrogens is 220 g/mol. The van der Waals surface area contributed by atoms with Crippen LogP contribution in [0.2, 0.25) is 0 Å².